The van der Waals surface area contributed by atoms with Crippen LogP contribution in [0.25, 0.3) is 0 Å². The van der Waals surface area contributed by atoms with Crippen molar-refractivity contribution in [3.63, 3.8) is 0 Å². The molecule has 0 rings (SSSR count). The zero-order chi connectivity index (χ0) is 8.31. The van der Waals surface area contributed by atoms with Gasteiger partial charge in [-0.05, 0) is 19.4 Å². The lowest BCUT2D eigenvalue weighted by Gasteiger charge is -2.04. The van der Waals surface area contributed by atoms with Gasteiger partial charge in [0.15, 0.2) is 0 Å². The van der Waals surface area contributed by atoms with Crippen molar-refractivity contribution in [1.82, 2.24) is 0 Å². The average Bonchev–Trinajstić information content (AvgIpc) is 1.84. The molecule has 0 aliphatic carbocycles. The molecule has 0 radical (unpaired) electrons. The van der Waals surface area contributed by atoms with E-state index in [1.54, 1.807) is 0 Å². The molecule has 0 fully saturated rings. The van der Waals surface area contributed by atoms with Gasteiger partial charge in [-0.15, -0.1) is 0 Å². The summed E-state index contributed by atoms with van der Waals surface area (Å²) >= 11 is 0. The van der Waals surface area contributed by atoms with Crippen LogP contribution in [0.2, 0.25) is 0 Å². The minimum absolute atomic E-state index is 0.398. The molecule has 0 aromatic carbocycles. The summed E-state index contributed by atoms with van der Waals surface area (Å²) in [5, 5.41) is 25.6. The summed E-state index contributed by atoms with van der Waals surface area (Å²) in [5.41, 5.74) is 0.398. The number of carboxylic acid groups (broad SMARTS) is 1. The maximum atomic E-state index is 10.0. The van der Waals surface area contributed by atoms with E-state index in [9.17, 15) is 4.79 Å². The Kier molecular flexibility index (Phi) is 2.89. The van der Waals surface area contributed by atoms with Gasteiger partial charge in [-0.25, -0.2) is 4.79 Å². The van der Waals surface area contributed by atoms with E-state index < -0.39 is 17.8 Å². The summed E-state index contributed by atoms with van der Waals surface area (Å²) in [4.78, 5) is 10.0. The van der Waals surface area contributed by atoms with Gasteiger partial charge in [-0.2, -0.15) is 0 Å². The number of hydrogen-bond donors (Lipinski definition) is 3. The number of carbonyl (C=O) groups is 1. The van der Waals surface area contributed by atoms with E-state index in [1.807, 2.05) is 0 Å². The Hall–Kier alpha value is -1.03. The maximum Gasteiger partial charge on any atom is 0.340 e. The molecular weight excluding hydrogens is 136 g/mol. The van der Waals surface area contributed by atoms with Crippen LogP contribution in [-0.2, 0) is 4.79 Å². The quantitative estimate of drug-likeness (QED) is 0.489. The monoisotopic (exact) mass is 146 g/mol. The highest BCUT2D eigenvalue weighted by atomic mass is 16.4. The van der Waals surface area contributed by atoms with Gasteiger partial charge in [-0.1, -0.05) is 0 Å². The first-order valence-corrected chi connectivity index (χ1v) is 2.74. The third-order valence-corrected chi connectivity index (χ3v) is 1.01. The molecule has 0 aromatic rings. The number of aliphatic carboxylic acids is 1. The van der Waals surface area contributed by atoms with Crippen molar-refractivity contribution < 1.29 is 20.1 Å². The zero-order valence-electron chi connectivity index (χ0n) is 5.83. The Bertz CT molecular complexity index is 167. The van der Waals surface area contributed by atoms with Crippen LogP contribution in [0, 0.1) is 0 Å². The van der Waals surface area contributed by atoms with Crippen molar-refractivity contribution in [2.24, 2.45) is 0 Å². The fourth-order valence-electron chi connectivity index (χ4n) is 0.390. The predicted molar refractivity (Wildman–Crippen MR) is 34.6 cm³/mol. The lowest BCUT2D eigenvalue weighted by molar-refractivity contribution is -0.145. The minimum Gasteiger partial charge on any atom is -0.509 e. The van der Waals surface area contributed by atoms with Crippen molar-refractivity contribution in [2.45, 2.75) is 20.0 Å². The molecule has 4 heteroatoms. The fraction of sp³-hybridized carbons (Fsp3) is 0.500. The van der Waals surface area contributed by atoms with Crippen molar-refractivity contribution in [2.75, 3.05) is 0 Å². The molecule has 0 heterocycles. The Morgan fingerprint density at radius 3 is 1.80 bits per heavy atom. The number of aliphatic hydroxyl groups is 2. The molecule has 4 nitrogen and oxygen atoms in total. The van der Waals surface area contributed by atoms with Crippen LogP contribution >= 0.6 is 0 Å². The maximum absolute atomic E-state index is 10.0. The Morgan fingerprint density at radius 2 is 1.70 bits per heavy atom. The molecule has 0 aromatic heterocycles. The highest BCUT2D eigenvalue weighted by Gasteiger charge is 2.18. The lowest BCUT2D eigenvalue weighted by Crippen LogP contribution is -2.22. The zero-order valence-corrected chi connectivity index (χ0v) is 5.83. The third-order valence-electron chi connectivity index (χ3n) is 1.01. The molecule has 1 atom stereocenters. The van der Waals surface area contributed by atoms with Crippen LogP contribution in [0.1, 0.15) is 13.8 Å². The van der Waals surface area contributed by atoms with Crippen LogP contribution in [-0.4, -0.2) is 27.4 Å². The van der Waals surface area contributed by atoms with E-state index >= 15 is 0 Å². The molecule has 0 aliphatic rings. The van der Waals surface area contributed by atoms with E-state index in [2.05, 4.69) is 0 Å². The molecule has 0 saturated carbocycles. The highest BCUT2D eigenvalue weighted by molar-refractivity contribution is 5.75. The van der Waals surface area contributed by atoms with Gasteiger partial charge in [0, 0.05) is 0 Å². The predicted octanol–water partition coefficient (Wildman–Crippen LogP) is 0.284. The summed E-state index contributed by atoms with van der Waals surface area (Å²) in [5.74, 6) is -1.94. The molecule has 0 bridgehead atoms. The Balaban J connectivity index is 4.37. The molecule has 0 saturated heterocycles. The summed E-state index contributed by atoms with van der Waals surface area (Å²) in [6.07, 6.45) is -1.79. The van der Waals surface area contributed by atoms with E-state index in [1.165, 1.54) is 13.8 Å². The topological polar surface area (TPSA) is 77.8 Å². The Labute approximate surface area is 58.4 Å². The molecule has 1 unspecified atom stereocenters. The van der Waals surface area contributed by atoms with Crippen LogP contribution in [0.15, 0.2) is 11.3 Å². The molecule has 0 amide bonds. The first-order chi connectivity index (χ1) is 4.46. The van der Waals surface area contributed by atoms with Gasteiger partial charge in [0.2, 0.25) is 6.10 Å². The minimum atomic E-state index is -1.79. The Morgan fingerprint density at radius 1 is 1.30 bits per heavy atom. The van der Waals surface area contributed by atoms with Gasteiger partial charge in [0.25, 0.3) is 0 Å². The van der Waals surface area contributed by atoms with E-state index in [-0.39, 0.29) is 0 Å². The molecular formula is C6H10O4. The smallest absolute Gasteiger partial charge is 0.340 e. The first kappa shape index (κ1) is 8.97. The summed E-state index contributed by atoms with van der Waals surface area (Å²) in [6, 6.07) is 0. The van der Waals surface area contributed by atoms with Crippen LogP contribution in [0.4, 0.5) is 0 Å². The second kappa shape index (κ2) is 3.22. The number of hydrogen-bond acceptors (Lipinski definition) is 3. The summed E-state index contributed by atoms with van der Waals surface area (Å²) in [7, 11) is 0. The number of carboxylic acids is 1. The first-order valence-electron chi connectivity index (χ1n) is 2.74. The van der Waals surface area contributed by atoms with Gasteiger partial charge in [0.1, 0.15) is 5.76 Å². The van der Waals surface area contributed by atoms with Crippen molar-refractivity contribution >= 4 is 5.97 Å². The normalized spacial score (nSPS) is 12.3. The second-order valence-corrected chi connectivity index (χ2v) is 2.13. The number of allylic oxidation sites excluding steroid dienone is 1. The van der Waals surface area contributed by atoms with Crippen LogP contribution in [0.5, 0.6) is 0 Å². The van der Waals surface area contributed by atoms with Crippen molar-refractivity contribution in [3.05, 3.63) is 11.3 Å². The second-order valence-electron chi connectivity index (χ2n) is 2.13. The fourth-order valence-corrected chi connectivity index (χ4v) is 0.390. The SMILES string of the molecule is CC(C)=C(O)C(O)C(=O)O. The molecule has 58 valence electrons. The van der Waals surface area contributed by atoms with E-state index in [0.29, 0.717) is 5.57 Å². The van der Waals surface area contributed by atoms with Crippen LogP contribution in [0.3, 0.4) is 0 Å². The van der Waals surface area contributed by atoms with Gasteiger partial charge >= 0.3 is 5.97 Å². The highest BCUT2D eigenvalue weighted by Crippen LogP contribution is 2.04. The molecule has 0 aliphatic heterocycles. The van der Waals surface area contributed by atoms with Crippen molar-refractivity contribution in [3.8, 4) is 0 Å². The largest absolute Gasteiger partial charge is 0.509 e. The van der Waals surface area contributed by atoms with Crippen LogP contribution < -0.4 is 0 Å². The van der Waals surface area contributed by atoms with Crippen molar-refractivity contribution in [1.29, 1.82) is 0 Å². The van der Waals surface area contributed by atoms with E-state index in [4.69, 9.17) is 15.3 Å². The molecule has 10 heavy (non-hydrogen) atoms. The summed E-state index contributed by atoms with van der Waals surface area (Å²) in [6.45, 7) is 3.03. The lowest BCUT2D eigenvalue weighted by atomic mass is 10.2. The number of rotatable bonds is 2. The van der Waals surface area contributed by atoms with Gasteiger partial charge in [-0.3, -0.25) is 0 Å². The van der Waals surface area contributed by atoms with E-state index in [0.717, 1.165) is 0 Å². The standard InChI is InChI=1S/C6H10O4/c1-3(2)4(7)5(8)6(9)10/h5,7-8H,1-2H3,(H,9,10). The summed E-state index contributed by atoms with van der Waals surface area (Å²) < 4.78 is 0. The van der Waals surface area contributed by atoms with Gasteiger partial charge in [0.05, 0.1) is 0 Å². The van der Waals surface area contributed by atoms with Gasteiger partial charge < -0.3 is 15.3 Å². The third kappa shape index (κ3) is 2.06. The molecule has 0 spiro atoms. The number of aliphatic hydroxyl groups excluding tert-OH is 2. The average molecular weight is 146 g/mol. The molecule has 3 N–H and O–H groups in total.